The SMILES string of the molecule is CCc1sc(-c2cc(F)c(Cl)cc2Cl)nc1C1C(=O)[C@@H]2C3CCC(O3)[C@@H]2C1=O. The minimum absolute atomic E-state index is 0.0642. The maximum atomic E-state index is 14.0. The number of halogens is 3. The van der Waals surface area contributed by atoms with Gasteiger partial charge in [0.25, 0.3) is 0 Å². The Morgan fingerprint density at radius 3 is 2.39 bits per heavy atom. The molecule has 0 radical (unpaired) electrons. The van der Waals surface area contributed by atoms with Crippen LogP contribution in [0.5, 0.6) is 0 Å². The van der Waals surface area contributed by atoms with Gasteiger partial charge < -0.3 is 4.74 Å². The number of carbonyl (C=O) groups excluding carboxylic acids is 2. The summed E-state index contributed by atoms with van der Waals surface area (Å²) in [7, 11) is 0. The van der Waals surface area contributed by atoms with Crippen LogP contribution in [0, 0.1) is 17.7 Å². The number of thiazole rings is 1. The van der Waals surface area contributed by atoms with E-state index in [-0.39, 0.29) is 45.7 Å². The maximum absolute atomic E-state index is 14.0. The molecule has 4 nitrogen and oxygen atoms in total. The third-order valence-electron chi connectivity index (χ3n) is 6.06. The molecule has 1 aromatic carbocycles. The van der Waals surface area contributed by atoms with Crippen LogP contribution >= 0.6 is 34.5 Å². The number of rotatable bonds is 3. The van der Waals surface area contributed by atoms with E-state index >= 15 is 0 Å². The Morgan fingerprint density at radius 2 is 1.79 bits per heavy atom. The molecule has 0 amide bonds. The van der Waals surface area contributed by atoms with Crippen LogP contribution in [0.25, 0.3) is 10.6 Å². The van der Waals surface area contributed by atoms with E-state index in [0.29, 0.717) is 22.7 Å². The molecule has 3 heterocycles. The average Bonchev–Trinajstić information content (AvgIpc) is 3.41. The van der Waals surface area contributed by atoms with Crippen molar-refractivity contribution in [3.8, 4) is 10.6 Å². The average molecular weight is 440 g/mol. The quantitative estimate of drug-likeness (QED) is 0.506. The van der Waals surface area contributed by atoms with Crippen molar-refractivity contribution in [2.45, 2.75) is 44.3 Å². The molecule has 3 unspecified atom stereocenters. The standard InChI is InChI=1S/C20H16Cl2FNO3S/c1-2-13-17(24-20(28-13)7-5-10(23)9(22)6-8(7)21)16-18(25)14-11-3-4-12(27-11)15(14)19(16)26/h5-6,11-12,14-16H,2-4H2,1H3/t11?,12?,14-,15+,16?. The molecule has 5 atom stereocenters. The van der Waals surface area contributed by atoms with E-state index in [1.807, 2.05) is 6.92 Å². The summed E-state index contributed by atoms with van der Waals surface area (Å²) in [6.45, 7) is 1.95. The first kappa shape index (κ1) is 18.7. The van der Waals surface area contributed by atoms with Crippen molar-refractivity contribution in [3.05, 3.63) is 38.6 Å². The monoisotopic (exact) mass is 439 g/mol. The number of nitrogens with zero attached hydrogens (tertiary/aromatic N) is 1. The number of ketones is 2. The van der Waals surface area contributed by atoms with E-state index in [1.165, 1.54) is 23.5 Å². The molecule has 1 aromatic heterocycles. The Bertz CT molecular complexity index is 995. The fourth-order valence-corrected chi connectivity index (χ4v) is 6.44. The van der Waals surface area contributed by atoms with Gasteiger partial charge in [-0.2, -0.15) is 0 Å². The van der Waals surface area contributed by atoms with Crippen LogP contribution in [0.3, 0.4) is 0 Å². The van der Waals surface area contributed by atoms with Gasteiger partial charge in [0.1, 0.15) is 16.7 Å². The molecule has 1 saturated carbocycles. The van der Waals surface area contributed by atoms with Gasteiger partial charge in [0.15, 0.2) is 11.6 Å². The molecule has 28 heavy (non-hydrogen) atoms. The Hall–Kier alpha value is -1.34. The van der Waals surface area contributed by atoms with E-state index < -0.39 is 11.7 Å². The highest BCUT2D eigenvalue weighted by Gasteiger charge is 2.63. The van der Waals surface area contributed by atoms with Crippen LogP contribution in [0.15, 0.2) is 12.1 Å². The van der Waals surface area contributed by atoms with Crippen LogP contribution in [-0.4, -0.2) is 28.8 Å². The lowest BCUT2D eigenvalue weighted by Gasteiger charge is -2.16. The van der Waals surface area contributed by atoms with Crippen molar-refractivity contribution in [2.24, 2.45) is 11.8 Å². The summed E-state index contributed by atoms with van der Waals surface area (Å²) in [5.41, 5.74) is 0.911. The summed E-state index contributed by atoms with van der Waals surface area (Å²) in [4.78, 5) is 31.7. The number of aromatic nitrogens is 1. The number of fused-ring (bicyclic) bond motifs is 5. The minimum Gasteiger partial charge on any atom is -0.373 e. The van der Waals surface area contributed by atoms with Crippen molar-refractivity contribution in [2.75, 3.05) is 0 Å². The number of benzene rings is 1. The van der Waals surface area contributed by atoms with Gasteiger partial charge in [0.2, 0.25) is 0 Å². The summed E-state index contributed by atoms with van der Waals surface area (Å²) in [5.74, 6) is -2.29. The fourth-order valence-electron chi connectivity index (χ4n) is 4.84. The molecule has 146 valence electrons. The summed E-state index contributed by atoms with van der Waals surface area (Å²) in [6.07, 6.45) is 2.01. The van der Waals surface area contributed by atoms with Crippen molar-refractivity contribution < 1.29 is 18.7 Å². The highest BCUT2D eigenvalue weighted by atomic mass is 35.5. The second kappa shape index (κ2) is 6.59. The molecule has 8 heteroatoms. The van der Waals surface area contributed by atoms with E-state index in [1.54, 1.807) is 0 Å². The fraction of sp³-hybridized carbons (Fsp3) is 0.450. The predicted octanol–water partition coefficient (Wildman–Crippen LogP) is 4.85. The van der Waals surface area contributed by atoms with Gasteiger partial charge in [0.05, 0.1) is 39.8 Å². The van der Waals surface area contributed by atoms with Gasteiger partial charge in [-0.1, -0.05) is 30.1 Å². The lowest BCUT2D eigenvalue weighted by molar-refractivity contribution is -0.127. The summed E-state index contributed by atoms with van der Waals surface area (Å²) in [5, 5.41) is 0.705. The number of hydrogen-bond acceptors (Lipinski definition) is 5. The smallest absolute Gasteiger partial charge is 0.155 e. The summed E-state index contributed by atoms with van der Waals surface area (Å²) >= 11 is 13.4. The molecule has 5 rings (SSSR count). The zero-order chi connectivity index (χ0) is 19.7. The summed E-state index contributed by atoms with van der Waals surface area (Å²) < 4.78 is 19.8. The number of Topliss-reactive ketones (excluding diaryl/α,β-unsaturated/α-hetero) is 2. The van der Waals surface area contributed by atoms with Crippen molar-refractivity contribution in [1.29, 1.82) is 0 Å². The molecule has 3 aliphatic rings. The zero-order valence-electron chi connectivity index (χ0n) is 14.9. The second-order valence-corrected chi connectivity index (χ2v) is 9.40. The normalized spacial score (nSPS) is 31.1. The van der Waals surface area contributed by atoms with E-state index in [4.69, 9.17) is 27.9 Å². The van der Waals surface area contributed by atoms with Gasteiger partial charge in [-0.25, -0.2) is 9.37 Å². The van der Waals surface area contributed by atoms with Crippen LogP contribution in [0.2, 0.25) is 10.0 Å². The van der Waals surface area contributed by atoms with Crippen molar-refractivity contribution >= 4 is 46.1 Å². The highest BCUT2D eigenvalue weighted by Crippen LogP contribution is 2.53. The minimum atomic E-state index is -0.849. The van der Waals surface area contributed by atoms with Gasteiger partial charge in [-0.15, -0.1) is 11.3 Å². The van der Waals surface area contributed by atoms with E-state index in [9.17, 15) is 14.0 Å². The molecule has 2 aliphatic heterocycles. The molecular formula is C20H16Cl2FNO3S. The first-order chi connectivity index (χ1) is 13.4. The van der Waals surface area contributed by atoms with Gasteiger partial charge in [-0.05, 0) is 31.4 Å². The van der Waals surface area contributed by atoms with Crippen LogP contribution in [0.1, 0.15) is 36.3 Å². The largest absolute Gasteiger partial charge is 0.373 e. The molecule has 0 spiro atoms. The number of carbonyl (C=O) groups is 2. The first-order valence-electron chi connectivity index (χ1n) is 9.28. The summed E-state index contributed by atoms with van der Waals surface area (Å²) in [6, 6.07) is 2.58. The first-order valence-corrected chi connectivity index (χ1v) is 10.8. The van der Waals surface area contributed by atoms with Crippen LogP contribution in [0.4, 0.5) is 4.39 Å². The van der Waals surface area contributed by atoms with Crippen molar-refractivity contribution in [3.63, 3.8) is 0 Å². The Labute approximate surface area is 175 Å². The molecule has 1 aliphatic carbocycles. The molecule has 3 fully saturated rings. The zero-order valence-corrected chi connectivity index (χ0v) is 17.2. The van der Waals surface area contributed by atoms with E-state index in [2.05, 4.69) is 4.98 Å². The molecule has 2 aromatic rings. The Kier molecular flexibility index (Phi) is 4.40. The molecule has 0 N–H and O–H groups in total. The lowest BCUT2D eigenvalue weighted by atomic mass is 9.81. The molecular weight excluding hydrogens is 424 g/mol. The van der Waals surface area contributed by atoms with Gasteiger partial charge in [0, 0.05) is 10.4 Å². The third-order valence-corrected chi connectivity index (χ3v) is 7.91. The molecule has 2 saturated heterocycles. The topological polar surface area (TPSA) is 56.3 Å². The molecule has 2 bridgehead atoms. The van der Waals surface area contributed by atoms with Crippen LogP contribution < -0.4 is 0 Å². The number of aryl methyl sites for hydroxylation is 1. The third kappa shape index (κ3) is 2.54. The predicted molar refractivity (Wildman–Crippen MR) is 105 cm³/mol. The Balaban J connectivity index is 1.58. The lowest BCUT2D eigenvalue weighted by Crippen LogP contribution is -2.29. The number of ether oxygens (including phenoxy) is 1. The number of hydrogen-bond donors (Lipinski definition) is 0. The van der Waals surface area contributed by atoms with E-state index in [0.717, 1.165) is 17.7 Å². The second-order valence-electron chi connectivity index (χ2n) is 7.51. The maximum Gasteiger partial charge on any atom is 0.155 e. The van der Waals surface area contributed by atoms with Gasteiger partial charge >= 0.3 is 0 Å². The Morgan fingerprint density at radius 1 is 1.14 bits per heavy atom. The van der Waals surface area contributed by atoms with Gasteiger partial charge in [-0.3, -0.25) is 9.59 Å². The highest BCUT2D eigenvalue weighted by molar-refractivity contribution is 7.15. The van der Waals surface area contributed by atoms with Crippen molar-refractivity contribution in [1.82, 2.24) is 4.98 Å². The van der Waals surface area contributed by atoms with Crippen LogP contribution in [-0.2, 0) is 20.7 Å².